The molecule has 8 nitrogen and oxygen atoms in total. The Hall–Kier alpha value is -3.25. The van der Waals surface area contributed by atoms with Crippen LogP contribution in [0, 0.1) is 0 Å². The minimum Gasteiger partial charge on any atom is -0.481 e. The number of ether oxygens (including phenoxy) is 3. The van der Waals surface area contributed by atoms with Gasteiger partial charge in [0, 0.05) is 23.5 Å². The minimum absolute atomic E-state index is 0.0380. The molecule has 0 spiro atoms. The lowest BCUT2D eigenvalue weighted by atomic mass is 10.0. The number of halogens is 4. The Morgan fingerprint density at radius 3 is 2.67 bits per heavy atom. The number of pyridine rings is 1. The molecule has 0 N–H and O–H groups in total. The molecule has 190 valence electrons. The number of hydrogen-bond acceptors (Lipinski definition) is 8. The van der Waals surface area contributed by atoms with Crippen molar-refractivity contribution in [1.29, 1.82) is 0 Å². The molecular formula is C23H20ClF3N4O4S. The fraction of sp³-hybridized carbons (Fsp3) is 0.304. The van der Waals surface area contributed by atoms with E-state index in [1.54, 1.807) is 25.3 Å². The third-order valence-electron chi connectivity index (χ3n) is 5.46. The Balaban J connectivity index is 1.66. The van der Waals surface area contributed by atoms with Crippen molar-refractivity contribution in [3.05, 3.63) is 59.0 Å². The highest BCUT2D eigenvalue weighted by Crippen LogP contribution is 2.38. The molecule has 2 atom stereocenters. The van der Waals surface area contributed by atoms with Gasteiger partial charge in [-0.1, -0.05) is 35.5 Å². The van der Waals surface area contributed by atoms with Crippen LogP contribution in [0.25, 0.3) is 11.1 Å². The second-order valence-electron chi connectivity index (χ2n) is 7.72. The van der Waals surface area contributed by atoms with Crippen LogP contribution in [0.5, 0.6) is 11.6 Å². The number of carbonyl (C=O) groups excluding carboxylic acids is 1. The largest absolute Gasteiger partial charge is 0.573 e. The molecule has 13 heteroatoms. The van der Waals surface area contributed by atoms with E-state index < -0.39 is 30.4 Å². The standard InChI is InChI=1S/C23H20ClF3N4O4S/c1-12-19(13-5-4-6-15(7-13)35-23(25,26)27)34-22(32)31(12)11-18-17(10-29-21(30-18)36-3)16-8-14(24)9-28-20(16)33-2/h4-10,12,19H,11H2,1-3H3/t12-,19-/m0/s1. The molecule has 3 aromatic rings. The molecular weight excluding hydrogens is 521 g/mol. The molecule has 0 aliphatic carbocycles. The summed E-state index contributed by atoms with van der Waals surface area (Å²) in [6, 6.07) is 6.50. The van der Waals surface area contributed by atoms with Crippen molar-refractivity contribution in [3.8, 4) is 22.8 Å². The molecule has 1 saturated heterocycles. The van der Waals surface area contributed by atoms with Crippen LogP contribution in [0.3, 0.4) is 0 Å². The number of hydrogen-bond donors (Lipinski definition) is 0. The van der Waals surface area contributed by atoms with E-state index in [1.807, 2.05) is 6.26 Å². The van der Waals surface area contributed by atoms with Gasteiger partial charge in [0.2, 0.25) is 5.88 Å². The molecule has 1 aromatic carbocycles. The lowest BCUT2D eigenvalue weighted by Gasteiger charge is -2.22. The molecule has 1 aliphatic heterocycles. The maximum atomic E-state index is 12.9. The summed E-state index contributed by atoms with van der Waals surface area (Å²) >= 11 is 7.49. The summed E-state index contributed by atoms with van der Waals surface area (Å²) in [5, 5.41) is 0.858. The van der Waals surface area contributed by atoms with Gasteiger partial charge in [-0.2, -0.15) is 0 Å². The topological polar surface area (TPSA) is 86.7 Å². The molecule has 3 heterocycles. The fourth-order valence-electron chi connectivity index (χ4n) is 3.83. The maximum Gasteiger partial charge on any atom is 0.573 e. The molecule has 0 radical (unpaired) electrons. The highest BCUT2D eigenvalue weighted by Gasteiger charge is 2.41. The quantitative estimate of drug-likeness (QED) is 0.270. The number of benzene rings is 1. The van der Waals surface area contributed by atoms with Crippen LogP contribution in [-0.4, -0.2) is 51.7 Å². The first-order valence-corrected chi connectivity index (χ1v) is 12.1. The van der Waals surface area contributed by atoms with Crippen molar-refractivity contribution in [2.45, 2.75) is 37.1 Å². The van der Waals surface area contributed by atoms with Gasteiger partial charge >= 0.3 is 12.5 Å². The molecule has 1 fully saturated rings. The Kier molecular flexibility index (Phi) is 7.46. The molecule has 0 bridgehead atoms. The second-order valence-corrected chi connectivity index (χ2v) is 8.93. The van der Waals surface area contributed by atoms with E-state index >= 15 is 0 Å². The molecule has 1 aliphatic rings. The van der Waals surface area contributed by atoms with Gasteiger partial charge in [0.25, 0.3) is 0 Å². The third-order valence-corrected chi connectivity index (χ3v) is 6.23. The highest BCUT2D eigenvalue weighted by atomic mass is 35.5. The highest BCUT2D eigenvalue weighted by molar-refractivity contribution is 7.98. The molecule has 4 rings (SSSR count). The zero-order valence-corrected chi connectivity index (χ0v) is 20.8. The molecule has 1 amide bonds. The molecule has 0 unspecified atom stereocenters. The van der Waals surface area contributed by atoms with Crippen LogP contribution in [0.15, 0.2) is 47.9 Å². The lowest BCUT2D eigenvalue weighted by molar-refractivity contribution is -0.274. The van der Waals surface area contributed by atoms with E-state index in [-0.39, 0.29) is 6.54 Å². The molecule has 36 heavy (non-hydrogen) atoms. The van der Waals surface area contributed by atoms with E-state index in [2.05, 4.69) is 19.7 Å². The number of thioether (sulfide) groups is 1. The Labute approximate surface area is 213 Å². The predicted octanol–water partition coefficient (Wildman–Crippen LogP) is 5.90. The van der Waals surface area contributed by atoms with Gasteiger partial charge in [-0.25, -0.2) is 19.7 Å². The SMILES string of the molecule is COc1ncc(Cl)cc1-c1cnc(SC)nc1CN1C(=O)O[C@H](c2cccc(OC(F)(F)F)c2)[C@@H]1C. The van der Waals surface area contributed by atoms with E-state index in [1.165, 1.54) is 48.2 Å². The number of methoxy groups -OCH3 is 1. The zero-order chi connectivity index (χ0) is 26.0. The average molecular weight is 541 g/mol. The number of alkyl halides is 3. The zero-order valence-electron chi connectivity index (χ0n) is 19.2. The van der Waals surface area contributed by atoms with Gasteiger partial charge in [-0.15, -0.1) is 13.2 Å². The Bertz CT molecular complexity index is 1280. The van der Waals surface area contributed by atoms with E-state index in [9.17, 15) is 18.0 Å². The number of aromatic nitrogens is 3. The van der Waals surface area contributed by atoms with Crippen LogP contribution in [-0.2, 0) is 11.3 Å². The summed E-state index contributed by atoms with van der Waals surface area (Å²) in [6.45, 7) is 1.78. The van der Waals surface area contributed by atoms with Crippen molar-refractivity contribution in [2.75, 3.05) is 13.4 Å². The van der Waals surface area contributed by atoms with Crippen molar-refractivity contribution in [1.82, 2.24) is 19.9 Å². The van der Waals surface area contributed by atoms with Crippen LogP contribution >= 0.6 is 23.4 Å². The monoisotopic (exact) mass is 540 g/mol. The lowest BCUT2D eigenvalue weighted by Crippen LogP contribution is -2.32. The number of rotatable bonds is 7. The second kappa shape index (κ2) is 10.4. The van der Waals surface area contributed by atoms with Crippen LogP contribution in [0.4, 0.5) is 18.0 Å². The summed E-state index contributed by atoms with van der Waals surface area (Å²) in [5.74, 6) is -0.0949. The molecule has 0 saturated carbocycles. The summed E-state index contributed by atoms with van der Waals surface area (Å²) in [7, 11) is 1.47. The third kappa shape index (κ3) is 5.59. The average Bonchev–Trinajstić information content (AvgIpc) is 3.11. The normalized spacial score (nSPS) is 17.8. The van der Waals surface area contributed by atoms with Gasteiger partial charge in [0.05, 0.1) is 30.4 Å². The fourth-order valence-corrected chi connectivity index (χ4v) is 4.35. The van der Waals surface area contributed by atoms with Crippen molar-refractivity contribution in [3.63, 3.8) is 0 Å². The number of nitrogens with zero attached hydrogens (tertiary/aromatic N) is 4. The van der Waals surface area contributed by atoms with E-state index in [0.717, 1.165) is 0 Å². The van der Waals surface area contributed by atoms with Crippen molar-refractivity contribution < 1.29 is 32.2 Å². The summed E-state index contributed by atoms with van der Waals surface area (Å²) < 4.78 is 52.9. The maximum absolute atomic E-state index is 12.9. The van der Waals surface area contributed by atoms with Crippen LogP contribution < -0.4 is 9.47 Å². The minimum atomic E-state index is -4.84. The summed E-state index contributed by atoms with van der Waals surface area (Å²) in [4.78, 5) is 27.4. The van der Waals surface area contributed by atoms with E-state index in [4.69, 9.17) is 21.1 Å². The Morgan fingerprint density at radius 1 is 1.19 bits per heavy atom. The van der Waals surface area contributed by atoms with Gasteiger partial charge in [-0.05, 0) is 36.9 Å². The Morgan fingerprint density at radius 2 is 1.97 bits per heavy atom. The summed E-state index contributed by atoms with van der Waals surface area (Å²) in [5.41, 5.74) is 1.97. The van der Waals surface area contributed by atoms with Gasteiger partial charge in [0.15, 0.2) is 5.16 Å². The van der Waals surface area contributed by atoms with Gasteiger partial charge < -0.3 is 14.2 Å². The van der Waals surface area contributed by atoms with Crippen LogP contribution in [0.1, 0.15) is 24.3 Å². The van der Waals surface area contributed by atoms with Crippen molar-refractivity contribution in [2.24, 2.45) is 0 Å². The first-order chi connectivity index (χ1) is 17.1. The van der Waals surface area contributed by atoms with Gasteiger partial charge in [-0.3, -0.25) is 4.90 Å². The molecule has 2 aromatic heterocycles. The van der Waals surface area contributed by atoms with Crippen LogP contribution in [0.2, 0.25) is 5.02 Å². The number of amides is 1. The smallest absolute Gasteiger partial charge is 0.481 e. The van der Waals surface area contributed by atoms with E-state index in [0.29, 0.717) is 38.4 Å². The first kappa shape index (κ1) is 25.8. The number of carbonyl (C=O) groups is 1. The number of cyclic esters (lactones) is 1. The predicted molar refractivity (Wildman–Crippen MR) is 126 cm³/mol. The van der Waals surface area contributed by atoms with Gasteiger partial charge in [0.1, 0.15) is 11.9 Å². The van der Waals surface area contributed by atoms with Crippen molar-refractivity contribution >= 4 is 29.5 Å². The summed E-state index contributed by atoms with van der Waals surface area (Å²) in [6.07, 6.45) is -1.42. The first-order valence-electron chi connectivity index (χ1n) is 10.5.